The first-order valence-corrected chi connectivity index (χ1v) is 8.00. The summed E-state index contributed by atoms with van der Waals surface area (Å²) in [6, 6.07) is 9.99. The molecule has 1 aliphatic rings. The van der Waals surface area contributed by atoms with Gasteiger partial charge in [0.1, 0.15) is 11.6 Å². The van der Waals surface area contributed by atoms with Gasteiger partial charge in [0.25, 0.3) is 0 Å². The molecule has 0 unspecified atom stereocenters. The Balaban J connectivity index is 1.51. The number of halogens is 1. The summed E-state index contributed by atoms with van der Waals surface area (Å²) in [5.74, 6) is 0.323. The van der Waals surface area contributed by atoms with Crippen LogP contribution in [0.15, 0.2) is 42.6 Å². The van der Waals surface area contributed by atoms with Crippen LogP contribution in [0.1, 0.15) is 11.7 Å². The molecule has 2 heterocycles. The van der Waals surface area contributed by atoms with Gasteiger partial charge in [0.05, 0.1) is 18.8 Å². The van der Waals surface area contributed by atoms with Crippen molar-refractivity contribution in [1.82, 2.24) is 15.1 Å². The van der Waals surface area contributed by atoms with Crippen molar-refractivity contribution < 1.29 is 14.2 Å². The topological polar surface area (TPSA) is 70.5 Å². The maximum atomic E-state index is 13.8. The van der Waals surface area contributed by atoms with Crippen LogP contribution in [-0.2, 0) is 4.74 Å². The molecule has 1 fully saturated rings. The molecule has 2 aromatic rings. The Bertz CT molecular complexity index is 643. The highest BCUT2D eigenvalue weighted by atomic mass is 19.1. The number of aliphatic hydroxyl groups is 1. The molecule has 6 nitrogen and oxygen atoms in total. The third kappa shape index (κ3) is 4.47. The van der Waals surface area contributed by atoms with Crippen LogP contribution in [0.2, 0.25) is 0 Å². The number of morpholine rings is 1. The van der Waals surface area contributed by atoms with E-state index >= 15 is 0 Å². The first-order valence-electron chi connectivity index (χ1n) is 8.00. The van der Waals surface area contributed by atoms with Gasteiger partial charge in [0, 0.05) is 37.9 Å². The zero-order chi connectivity index (χ0) is 16.8. The number of β-amino-alcohol motifs (C(OH)–C–C–N with tert-alkyl or cyclic N) is 1. The fourth-order valence-corrected chi connectivity index (χ4v) is 2.77. The van der Waals surface area contributed by atoms with E-state index in [-0.39, 0.29) is 11.9 Å². The first kappa shape index (κ1) is 16.8. The highest BCUT2D eigenvalue weighted by molar-refractivity contribution is 5.31. The van der Waals surface area contributed by atoms with Gasteiger partial charge in [-0.25, -0.2) is 4.39 Å². The van der Waals surface area contributed by atoms with Gasteiger partial charge in [-0.3, -0.25) is 4.90 Å². The predicted octanol–water partition coefficient (Wildman–Crippen LogP) is 1.46. The molecule has 1 aliphatic heterocycles. The predicted molar refractivity (Wildman–Crippen MR) is 88.1 cm³/mol. The third-order valence-corrected chi connectivity index (χ3v) is 4.00. The molecule has 2 atom stereocenters. The molecule has 1 saturated heterocycles. The van der Waals surface area contributed by atoms with E-state index < -0.39 is 6.10 Å². The van der Waals surface area contributed by atoms with Crippen molar-refractivity contribution in [2.45, 2.75) is 12.2 Å². The summed E-state index contributed by atoms with van der Waals surface area (Å²) in [4.78, 5) is 2.09. The molecule has 0 amide bonds. The number of ether oxygens (including phenoxy) is 1. The fraction of sp³-hybridized carbons (Fsp3) is 0.412. The minimum Gasteiger partial charge on any atom is -0.387 e. The summed E-state index contributed by atoms with van der Waals surface area (Å²) in [7, 11) is 0. The fourth-order valence-electron chi connectivity index (χ4n) is 2.77. The van der Waals surface area contributed by atoms with Crippen molar-refractivity contribution in [3.05, 3.63) is 54.0 Å². The quantitative estimate of drug-likeness (QED) is 0.835. The lowest BCUT2D eigenvalue weighted by Gasteiger charge is -2.34. The normalized spacial score (nSPS) is 19.8. The monoisotopic (exact) mass is 332 g/mol. The lowest BCUT2D eigenvalue weighted by Crippen LogP contribution is -2.46. The van der Waals surface area contributed by atoms with Crippen LogP contribution < -0.4 is 5.32 Å². The Morgan fingerprint density at radius 2 is 2.21 bits per heavy atom. The number of aromatic nitrogens is 2. The van der Waals surface area contributed by atoms with Crippen LogP contribution in [0.25, 0.3) is 0 Å². The number of hydrogen-bond acceptors (Lipinski definition) is 6. The minimum absolute atomic E-state index is 0.0198. The average Bonchev–Trinajstić information content (AvgIpc) is 2.61. The van der Waals surface area contributed by atoms with Crippen molar-refractivity contribution >= 4 is 5.82 Å². The Morgan fingerprint density at radius 3 is 3.00 bits per heavy atom. The molecule has 0 saturated carbocycles. The van der Waals surface area contributed by atoms with E-state index in [2.05, 4.69) is 20.4 Å². The maximum Gasteiger partial charge on any atom is 0.148 e. The van der Waals surface area contributed by atoms with Gasteiger partial charge < -0.3 is 15.2 Å². The Hall–Kier alpha value is -2.09. The summed E-state index contributed by atoms with van der Waals surface area (Å²) in [5.41, 5.74) is 0.332. The van der Waals surface area contributed by atoms with Gasteiger partial charge in [-0.05, 0) is 18.2 Å². The smallest absolute Gasteiger partial charge is 0.148 e. The largest absolute Gasteiger partial charge is 0.387 e. The number of benzene rings is 1. The molecule has 0 radical (unpaired) electrons. The van der Waals surface area contributed by atoms with E-state index in [1.165, 1.54) is 6.07 Å². The zero-order valence-electron chi connectivity index (χ0n) is 13.3. The van der Waals surface area contributed by atoms with Crippen LogP contribution in [0, 0.1) is 5.82 Å². The van der Waals surface area contributed by atoms with Gasteiger partial charge in [0.2, 0.25) is 0 Å². The summed E-state index contributed by atoms with van der Waals surface area (Å²) in [6.07, 6.45) is 0.750. The number of nitrogens with one attached hydrogen (secondary N) is 1. The van der Waals surface area contributed by atoms with Gasteiger partial charge in [-0.2, -0.15) is 5.10 Å². The average molecular weight is 332 g/mol. The van der Waals surface area contributed by atoms with Crippen molar-refractivity contribution in [3.63, 3.8) is 0 Å². The van der Waals surface area contributed by atoms with Crippen LogP contribution in [-0.4, -0.2) is 59.1 Å². The Kier molecular flexibility index (Phi) is 5.68. The van der Waals surface area contributed by atoms with Crippen LogP contribution in [0.5, 0.6) is 0 Å². The molecule has 3 rings (SSSR count). The van der Waals surface area contributed by atoms with E-state index in [1.807, 2.05) is 12.1 Å². The zero-order valence-corrected chi connectivity index (χ0v) is 13.3. The molecule has 0 bridgehead atoms. The molecule has 128 valence electrons. The van der Waals surface area contributed by atoms with Gasteiger partial charge in [-0.1, -0.05) is 18.2 Å². The summed E-state index contributed by atoms with van der Waals surface area (Å²) in [6.45, 7) is 2.94. The van der Waals surface area contributed by atoms with E-state index in [1.54, 1.807) is 24.4 Å². The van der Waals surface area contributed by atoms with Gasteiger partial charge >= 0.3 is 0 Å². The molecule has 7 heteroatoms. The van der Waals surface area contributed by atoms with Gasteiger partial charge in [-0.15, -0.1) is 5.10 Å². The Labute approximate surface area is 140 Å². The second-order valence-electron chi connectivity index (χ2n) is 5.78. The molecule has 0 aliphatic carbocycles. The number of hydrogen-bond donors (Lipinski definition) is 2. The minimum atomic E-state index is -0.849. The van der Waals surface area contributed by atoms with E-state index in [0.717, 1.165) is 0 Å². The summed E-state index contributed by atoms with van der Waals surface area (Å²) >= 11 is 0. The number of aliphatic hydroxyl groups excluding tert-OH is 1. The Morgan fingerprint density at radius 1 is 1.33 bits per heavy atom. The molecular weight excluding hydrogens is 311 g/mol. The standard InChI is InChI=1S/C17H21FN4O2/c18-15-5-2-1-4-14(15)16(23)12-22-8-9-24-13(11-22)10-19-17-6-3-7-20-21-17/h1-7,13,16,23H,8-12H2,(H,19,21)/t13-,16-/m1/s1. The van der Waals surface area contributed by atoms with E-state index in [0.29, 0.717) is 44.2 Å². The lowest BCUT2D eigenvalue weighted by molar-refractivity contribution is -0.0346. The van der Waals surface area contributed by atoms with Crippen LogP contribution in [0.4, 0.5) is 10.2 Å². The lowest BCUT2D eigenvalue weighted by atomic mass is 10.1. The van der Waals surface area contributed by atoms with Crippen molar-refractivity contribution in [2.24, 2.45) is 0 Å². The number of anilines is 1. The molecule has 0 spiro atoms. The van der Waals surface area contributed by atoms with Gasteiger partial charge in [0.15, 0.2) is 0 Å². The van der Waals surface area contributed by atoms with Crippen molar-refractivity contribution in [3.8, 4) is 0 Å². The second-order valence-corrected chi connectivity index (χ2v) is 5.78. The van der Waals surface area contributed by atoms with Crippen molar-refractivity contribution in [2.75, 3.05) is 38.1 Å². The van der Waals surface area contributed by atoms with E-state index in [4.69, 9.17) is 4.74 Å². The highest BCUT2D eigenvalue weighted by Gasteiger charge is 2.23. The third-order valence-electron chi connectivity index (χ3n) is 4.00. The molecule has 2 N–H and O–H groups in total. The molecular formula is C17H21FN4O2. The SMILES string of the molecule is O[C@H](CN1CCO[C@H](CNc2cccnn2)C1)c1ccccc1F. The highest BCUT2D eigenvalue weighted by Crippen LogP contribution is 2.19. The molecule has 1 aromatic heterocycles. The van der Waals surface area contributed by atoms with Crippen molar-refractivity contribution in [1.29, 1.82) is 0 Å². The summed E-state index contributed by atoms with van der Waals surface area (Å²) < 4.78 is 19.5. The van der Waals surface area contributed by atoms with E-state index in [9.17, 15) is 9.50 Å². The number of rotatable bonds is 6. The number of nitrogens with zero attached hydrogens (tertiary/aromatic N) is 3. The van der Waals surface area contributed by atoms with Crippen LogP contribution >= 0.6 is 0 Å². The van der Waals surface area contributed by atoms with Crippen LogP contribution in [0.3, 0.4) is 0 Å². The summed E-state index contributed by atoms with van der Waals surface area (Å²) in [5, 5.41) is 21.3. The second kappa shape index (κ2) is 8.14. The maximum absolute atomic E-state index is 13.8. The molecule has 1 aromatic carbocycles. The molecule has 24 heavy (non-hydrogen) atoms. The first-order chi connectivity index (χ1) is 11.7.